The molecule has 9 heteroatoms. The molecule has 0 aliphatic heterocycles. The van der Waals surface area contributed by atoms with E-state index in [-0.39, 0.29) is 60.0 Å². The first kappa shape index (κ1) is 38.6. The topological polar surface area (TPSA) is 133 Å². The Labute approximate surface area is 273 Å². The zero-order valence-electron chi connectivity index (χ0n) is 24.8. The molecule has 0 radical (unpaired) electrons. The minimum Gasteiger partial charge on any atom is -0.545 e. The number of hydrogen-bond donors (Lipinski definition) is 0. The fourth-order valence-corrected chi connectivity index (χ4v) is 4.02. The molecule has 0 N–H and O–H groups in total. The van der Waals surface area contributed by atoms with Crippen molar-refractivity contribution in [2.24, 2.45) is 11.8 Å². The Morgan fingerprint density at radius 2 is 0.927 bits per heavy atom. The summed E-state index contributed by atoms with van der Waals surface area (Å²) >= 11 is 0. The summed E-state index contributed by atoms with van der Waals surface area (Å²) in [5, 5.41) is 21.9. The Morgan fingerprint density at radius 3 is 1.20 bits per heavy atom. The number of esters is 2. The summed E-state index contributed by atoms with van der Waals surface area (Å²) in [6.45, 7) is 9.02. The van der Waals surface area contributed by atoms with Gasteiger partial charge in [0.25, 0.3) is 0 Å². The number of ether oxygens (including phenoxy) is 2. The summed E-state index contributed by atoms with van der Waals surface area (Å²) < 4.78 is 10.5. The van der Waals surface area contributed by atoms with Gasteiger partial charge in [-0.15, -0.1) is 0 Å². The molecule has 0 bridgehead atoms. The van der Waals surface area contributed by atoms with E-state index >= 15 is 0 Å². The molecule has 0 aliphatic carbocycles. The third-order valence-corrected chi connectivity index (χ3v) is 6.72. The second kappa shape index (κ2) is 22.2. The van der Waals surface area contributed by atoms with Crippen molar-refractivity contribution in [3.05, 3.63) is 70.8 Å². The number of carboxylic acids is 2. The van der Waals surface area contributed by atoms with Gasteiger partial charge in [0.15, 0.2) is 0 Å². The number of benzene rings is 2. The van der Waals surface area contributed by atoms with Crippen LogP contribution >= 0.6 is 0 Å². The first-order valence-corrected chi connectivity index (χ1v) is 14.1. The van der Waals surface area contributed by atoms with E-state index in [0.29, 0.717) is 25.0 Å². The molecular formula is C32H42CaO8. The molecule has 0 fully saturated rings. The van der Waals surface area contributed by atoms with Crippen LogP contribution in [-0.4, -0.2) is 74.8 Å². The van der Waals surface area contributed by atoms with Crippen LogP contribution in [0, 0.1) is 11.8 Å². The fourth-order valence-electron chi connectivity index (χ4n) is 4.02. The van der Waals surface area contributed by atoms with Crippen LogP contribution in [0.4, 0.5) is 0 Å². The van der Waals surface area contributed by atoms with Crippen molar-refractivity contribution in [2.75, 3.05) is 13.2 Å². The quantitative estimate of drug-likeness (QED) is 0.205. The molecular weight excluding hydrogens is 552 g/mol. The third kappa shape index (κ3) is 14.3. The van der Waals surface area contributed by atoms with Crippen molar-refractivity contribution in [2.45, 2.75) is 79.1 Å². The van der Waals surface area contributed by atoms with Crippen LogP contribution in [-0.2, 0) is 9.47 Å². The smallest absolute Gasteiger partial charge is 0.545 e. The Balaban J connectivity index is 0.000000762. The van der Waals surface area contributed by atoms with E-state index in [1.54, 1.807) is 24.3 Å². The summed E-state index contributed by atoms with van der Waals surface area (Å²) in [7, 11) is 0. The zero-order valence-corrected chi connectivity index (χ0v) is 27.0. The number of aromatic carboxylic acids is 2. The van der Waals surface area contributed by atoms with Crippen molar-refractivity contribution in [1.29, 1.82) is 0 Å². The predicted molar refractivity (Wildman–Crippen MR) is 154 cm³/mol. The Hall–Kier alpha value is -2.42. The van der Waals surface area contributed by atoms with Crippen molar-refractivity contribution in [3.63, 3.8) is 0 Å². The van der Waals surface area contributed by atoms with Crippen LogP contribution in [0.2, 0.25) is 0 Å². The van der Waals surface area contributed by atoms with Crippen LogP contribution in [0.25, 0.3) is 0 Å². The third-order valence-electron chi connectivity index (χ3n) is 6.72. The van der Waals surface area contributed by atoms with Gasteiger partial charge < -0.3 is 29.3 Å². The first-order chi connectivity index (χ1) is 19.2. The maximum atomic E-state index is 12.0. The van der Waals surface area contributed by atoms with E-state index in [0.717, 1.165) is 51.4 Å². The SMILES string of the molecule is CCCCC(CC)COC(=O)c1ccccc1C(=O)[O-].CCCCC(CC)COC(=O)c1ccccc1C(=O)[O-].[Ca+2]. The van der Waals surface area contributed by atoms with Gasteiger partial charge >= 0.3 is 49.7 Å². The number of unbranched alkanes of at least 4 members (excludes halogenated alkanes) is 2. The second-order valence-electron chi connectivity index (χ2n) is 9.70. The molecule has 0 heterocycles. The first-order valence-electron chi connectivity index (χ1n) is 14.1. The minimum absolute atomic E-state index is 0. The van der Waals surface area contributed by atoms with Crippen LogP contribution in [0.1, 0.15) is 120 Å². The summed E-state index contributed by atoms with van der Waals surface area (Å²) in [5.74, 6) is -3.27. The van der Waals surface area contributed by atoms with Gasteiger partial charge in [0, 0.05) is 11.1 Å². The fraction of sp³-hybridized carbons (Fsp3) is 0.500. The second-order valence-corrected chi connectivity index (χ2v) is 9.70. The van der Waals surface area contributed by atoms with Gasteiger partial charge in [0.2, 0.25) is 0 Å². The van der Waals surface area contributed by atoms with Crippen molar-refractivity contribution in [1.82, 2.24) is 0 Å². The molecule has 0 aromatic heterocycles. The monoisotopic (exact) mass is 594 g/mol. The van der Waals surface area contributed by atoms with Crippen molar-refractivity contribution < 1.29 is 38.9 Å². The molecule has 2 rings (SSSR count). The molecule has 0 saturated carbocycles. The summed E-state index contributed by atoms with van der Waals surface area (Å²) in [6.07, 6.45) is 8.34. The van der Waals surface area contributed by atoms with Gasteiger partial charge in [-0.3, -0.25) is 0 Å². The maximum Gasteiger partial charge on any atom is 2.00 e. The van der Waals surface area contributed by atoms with E-state index in [4.69, 9.17) is 9.47 Å². The van der Waals surface area contributed by atoms with Gasteiger partial charge in [-0.05, 0) is 36.8 Å². The van der Waals surface area contributed by atoms with E-state index in [2.05, 4.69) is 27.7 Å². The molecule has 0 spiro atoms. The molecule has 0 amide bonds. The van der Waals surface area contributed by atoms with Gasteiger partial charge in [0.05, 0.1) is 36.3 Å². The Kier molecular flexibility index (Phi) is 20.9. The molecule has 41 heavy (non-hydrogen) atoms. The standard InChI is InChI=1S/2C16H22O4.Ca/c2*1-3-5-8-12(4-2)11-20-16(19)14-10-7-6-9-13(14)15(17)18;/h2*6-7,9-10,12H,3-5,8,11H2,1-2H3,(H,17,18);/q;;+2/p-2. The predicted octanol–water partition coefficient (Wildman–Crippen LogP) is 4.47. The molecule has 220 valence electrons. The van der Waals surface area contributed by atoms with E-state index < -0.39 is 23.9 Å². The molecule has 2 aromatic rings. The summed E-state index contributed by atoms with van der Waals surface area (Å²) in [4.78, 5) is 45.8. The number of carbonyl (C=O) groups excluding carboxylic acids is 4. The van der Waals surface area contributed by atoms with E-state index in [9.17, 15) is 29.4 Å². The van der Waals surface area contributed by atoms with Crippen LogP contribution in [0.15, 0.2) is 48.5 Å². The molecule has 8 nitrogen and oxygen atoms in total. The molecule has 0 aliphatic rings. The molecule has 2 unspecified atom stereocenters. The maximum absolute atomic E-state index is 12.0. The van der Waals surface area contributed by atoms with Crippen molar-refractivity contribution in [3.8, 4) is 0 Å². The summed E-state index contributed by atoms with van der Waals surface area (Å²) in [6, 6.07) is 11.9. The van der Waals surface area contributed by atoms with Gasteiger partial charge in [-0.2, -0.15) is 0 Å². The molecule has 2 aromatic carbocycles. The van der Waals surface area contributed by atoms with Crippen molar-refractivity contribution >= 4 is 61.6 Å². The Morgan fingerprint density at radius 1 is 0.610 bits per heavy atom. The summed E-state index contributed by atoms with van der Waals surface area (Å²) in [5.41, 5.74) is -0.145. The Bertz CT molecular complexity index is 999. The number of rotatable bonds is 16. The number of carboxylic acid groups (broad SMARTS) is 2. The average molecular weight is 595 g/mol. The van der Waals surface area contributed by atoms with Crippen LogP contribution in [0.3, 0.4) is 0 Å². The molecule has 0 saturated heterocycles. The largest absolute Gasteiger partial charge is 2.00 e. The average Bonchev–Trinajstić information content (AvgIpc) is 2.97. The van der Waals surface area contributed by atoms with Gasteiger partial charge in [-0.1, -0.05) is 103 Å². The van der Waals surface area contributed by atoms with Crippen LogP contribution < -0.4 is 10.2 Å². The molecule has 2 atom stereocenters. The number of carbonyl (C=O) groups is 4. The van der Waals surface area contributed by atoms with Gasteiger partial charge in [0.1, 0.15) is 0 Å². The van der Waals surface area contributed by atoms with E-state index in [1.165, 1.54) is 24.3 Å². The zero-order chi connectivity index (χ0) is 29.9. The van der Waals surface area contributed by atoms with Gasteiger partial charge in [-0.25, -0.2) is 9.59 Å². The minimum atomic E-state index is -1.37. The van der Waals surface area contributed by atoms with Crippen LogP contribution in [0.5, 0.6) is 0 Å². The normalized spacial score (nSPS) is 11.6. The van der Waals surface area contributed by atoms with E-state index in [1.807, 2.05) is 0 Å². The number of hydrogen-bond acceptors (Lipinski definition) is 8.